The standard InChI is InChI=1S/C12H23N5/c1-10(2)17-11(8-14-12(17)13)9-16-6-4-15(3)5-7-16/h8,10H,4-7,9H2,1-3H3,(H2,13,14). The van der Waals surface area contributed by atoms with Gasteiger partial charge in [-0.05, 0) is 20.9 Å². The van der Waals surface area contributed by atoms with Crippen molar-refractivity contribution in [2.24, 2.45) is 0 Å². The van der Waals surface area contributed by atoms with Crippen LogP contribution in [-0.2, 0) is 6.54 Å². The van der Waals surface area contributed by atoms with Crippen LogP contribution in [0.2, 0.25) is 0 Å². The number of nitrogens with zero attached hydrogens (tertiary/aromatic N) is 4. The molecule has 0 aliphatic carbocycles. The maximum atomic E-state index is 5.89. The summed E-state index contributed by atoms with van der Waals surface area (Å²) in [6.07, 6.45) is 1.91. The van der Waals surface area contributed by atoms with E-state index in [-0.39, 0.29) is 0 Å². The molecular formula is C12H23N5. The maximum Gasteiger partial charge on any atom is 0.200 e. The number of aromatic nitrogens is 2. The number of anilines is 1. The predicted molar refractivity (Wildman–Crippen MR) is 69.8 cm³/mol. The molecule has 0 aromatic carbocycles. The third-order valence-corrected chi connectivity index (χ3v) is 3.40. The van der Waals surface area contributed by atoms with E-state index in [0.29, 0.717) is 12.0 Å². The Morgan fingerprint density at radius 3 is 2.53 bits per heavy atom. The van der Waals surface area contributed by atoms with Crippen LogP contribution in [0.5, 0.6) is 0 Å². The fraction of sp³-hybridized carbons (Fsp3) is 0.750. The first-order chi connectivity index (χ1) is 8.08. The van der Waals surface area contributed by atoms with E-state index in [1.165, 1.54) is 5.69 Å². The second kappa shape index (κ2) is 5.06. The first-order valence-electron chi connectivity index (χ1n) is 6.30. The molecule has 0 saturated carbocycles. The van der Waals surface area contributed by atoms with E-state index in [0.717, 1.165) is 32.7 Å². The third-order valence-electron chi connectivity index (χ3n) is 3.40. The summed E-state index contributed by atoms with van der Waals surface area (Å²) in [5.74, 6) is 0.629. The molecule has 1 aliphatic rings. The fourth-order valence-electron chi connectivity index (χ4n) is 2.36. The van der Waals surface area contributed by atoms with Crippen LogP contribution >= 0.6 is 0 Å². The van der Waals surface area contributed by atoms with Gasteiger partial charge in [0.05, 0.1) is 11.9 Å². The molecule has 2 heterocycles. The quantitative estimate of drug-likeness (QED) is 0.844. The lowest BCUT2D eigenvalue weighted by molar-refractivity contribution is 0.145. The zero-order valence-corrected chi connectivity index (χ0v) is 11.1. The molecule has 5 nitrogen and oxygen atoms in total. The third kappa shape index (κ3) is 2.79. The van der Waals surface area contributed by atoms with Gasteiger partial charge in [-0.2, -0.15) is 0 Å². The molecular weight excluding hydrogens is 214 g/mol. The Morgan fingerprint density at radius 1 is 1.29 bits per heavy atom. The summed E-state index contributed by atoms with van der Waals surface area (Å²) in [6, 6.07) is 0.375. The number of nitrogen functional groups attached to an aromatic ring is 1. The minimum absolute atomic E-state index is 0.375. The van der Waals surface area contributed by atoms with E-state index in [9.17, 15) is 0 Å². The summed E-state index contributed by atoms with van der Waals surface area (Å²) in [4.78, 5) is 9.06. The van der Waals surface area contributed by atoms with Crippen molar-refractivity contribution >= 4 is 5.95 Å². The Morgan fingerprint density at radius 2 is 1.94 bits per heavy atom. The molecule has 0 radical (unpaired) electrons. The van der Waals surface area contributed by atoms with Gasteiger partial charge in [0, 0.05) is 38.8 Å². The van der Waals surface area contributed by atoms with Gasteiger partial charge in [-0.1, -0.05) is 0 Å². The number of nitrogens with two attached hydrogens (primary N) is 1. The molecule has 1 saturated heterocycles. The van der Waals surface area contributed by atoms with Crippen molar-refractivity contribution in [3.05, 3.63) is 11.9 Å². The Labute approximate surface area is 103 Å². The second-order valence-electron chi connectivity index (χ2n) is 5.15. The average molecular weight is 237 g/mol. The van der Waals surface area contributed by atoms with E-state index in [1.54, 1.807) is 0 Å². The van der Waals surface area contributed by atoms with E-state index >= 15 is 0 Å². The molecule has 0 spiro atoms. The number of hydrogen-bond acceptors (Lipinski definition) is 4. The van der Waals surface area contributed by atoms with E-state index in [2.05, 4.69) is 40.2 Å². The predicted octanol–water partition coefficient (Wildman–Crippen LogP) is 0.794. The first kappa shape index (κ1) is 12.4. The van der Waals surface area contributed by atoms with Gasteiger partial charge < -0.3 is 15.2 Å². The van der Waals surface area contributed by atoms with Crippen molar-refractivity contribution in [3.63, 3.8) is 0 Å². The molecule has 1 aliphatic heterocycles. The molecule has 0 amide bonds. The Balaban J connectivity index is 2.03. The van der Waals surface area contributed by atoms with E-state index in [4.69, 9.17) is 5.73 Å². The molecule has 1 aromatic heterocycles. The lowest BCUT2D eigenvalue weighted by atomic mass is 10.3. The lowest BCUT2D eigenvalue weighted by Gasteiger charge is -2.32. The number of imidazole rings is 1. The van der Waals surface area contributed by atoms with Gasteiger partial charge in [0.1, 0.15) is 0 Å². The molecule has 0 unspecified atom stereocenters. The van der Waals surface area contributed by atoms with Crippen LogP contribution in [0.4, 0.5) is 5.95 Å². The summed E-state index contributed by atoms with van der Waals surface area (Å²) >= 11 is 0. The van der Waals surface area contributed by atoms with Crippen molar-refractivity contribution < 1.29 is 0 Å². The molecule has 96 valence electrons. The minimum Gasteiger partial charge on any atom is -0.369 e. The maximum absolute atomic E-state index is 5.89. The molecule has 5 heteroatoms. The zero-order valence-electron chi connectivity index (χ0n) is 11.1. The van der Waals surface area contributed by atoms with Crippen molar-refractivity contribution in [1.82, 2.24) is 19.4 Å². The summed E-state index contributed by atoms with van der Waals surface area (Å²) < 4.78 is 2.12. The Kier molecular flexibility index (Phi) is 3.69. The number of piperazine rings is 1. The smallest absolute Gasteiger partial charge is 0.200 e. The fourth-order valence-corrected chi connectivity index (χ4v) is 2.36. The number of hydrogen-bond donors (Lipinski definition) is 1. The van der Waals surface area contributed by atoms with Crippen LogP contribution in [0.25, 0.3) is 0 Å². The van der Waals surface area contributed by atoms with Crippen LogP contribution < -0.4 is 5.73 Å². The van der Waals surface area contributed by atoms with Gasteiger partial charge in [-0.25, -0.2) is 4.98 Å². The van der Waals surface area contributed by atoms with Gasteiger partial charge in [-0.15, -0.1) is 0 Å². The molecule has 0 atom stereocenters. The van der Waals surface area contributed by atoms with Gasteiger partial charge in [0.15, 0.2) is 0 Å². The largest absolute Gasteiger partial charge is 0.369 e. The van der Waals surface area contributed by atoms with E-state index in [1.807, 2.05) is 6.20 Å². The SMILES string of the molecule is CC(C)n1c(CN2CCN(C)CC2)cnc1N. The summed E-state index contributed by atoms with van der Waals surface area (Å²) in [5, 5.41) is 0. The van der Waals surface area contributed by atoms with Gasteiger partial charge in [0.2, 0.25) is 5.95 Å². The number of rotatable bonds is 3. The van der Waals surface area contributed by atoms with Gasteiger partial charge >= 0.3 is 0 Å². The van der Waals surface area contributed by atoms with Crippen LogP contribution in [0.3, 0.4) is 0 Å². The first-order valence-corrected chi connectivity index (χ1v) is 6.30. The topological polar surface area (TPSA) is 50.3 Å². The van der Waals surface area contributed by atoms with Crippen molar-refractivity contribution in [3.8, 4) is 0 Å². The highest BCUT2D eigenvalue weighted by Crippen LogP contribution is 2.17. The van der Waals surface area contributed by atoms with Crippen molar-refractivity contribution in [2.45, 2.75) is 26.4 Å². The highest BCUT2D eigenvalue weighted by molar-refractivity contribution is 5.23. The lowest BCUT2D eigenvalue weighted by Crippen LogP contribution is -2.44. The van der Waals surface area contributed by atoms with Crippen molar-refractivity contribution in [2.75, 3.05) is 39.0 Å². The van der Waals surface area contributed by atoms with Gasteiger partial charge in [0.25, 0.3) is 0 Å². The molecule has 0 bridgehead atoms. The van der Waals surface area contributed by atoms with Crippen LogP contribution in [-0.4, -0.2) is 52.6 Å². The van der Waals surface area contributed by atoms with Gasteiger partial charge in [-0.3, -0.25) is 4.90 Å². The average Bonchev–Trinajstić information content (AvgIpc) is 2.63. The Hall–Kier alpha value is -1.07. The molecule has 1 fully saturated rings. The summed E-state index contributed by atoms with van der Waals surface area (Å²) in [5.41, 5.74) is 7.12. The Bertz CT molecular complexity index is 363. The normalized spacial score (nSPS) is 19.1. The molecule has 2 rings (SSSR count). The molecule has 1 aromatic rings. The van der Waals surface area contributed by atoms with E-state index < -0.39 is 0 Å². The monoisotopic (exact) mass is 237 g/mol. The second-order valence-corrected chi connectivity index (χ2v) is 5.15. The number of likely N-dealkylation sites (N-methyl/N-ethyl adjacent to an activating group) is 1. The van der Waals surface area contributed by atoms with Crippen LogP contribution in [0, 0.1) is 0 Å². The highest BCUT2D eigenvalue weighted by Gasteiger charge is 2.17. The van der Waals surface area contributed by atoms with Crippen LogP contribution in [0.1, 0.15) is 25.6 Å². The summed E-state index contributed by atoms with van der Waals surface area (Å²) in [7, 11) is 2.17. The minimum atomic E-state index is 0.375. The highest BCUT2D eigenvalue weighted by atomic mass is 15.3. The zero-order chi connectivity index (χ0) is 12.4. The summed E-state index contributed by atoms with van der Waals surface area (Å²) in [6.45, 7) is 9.78. The molecule has 2 N–H and O–H groups in total. The molecule has 17 heavy (non-hydrogen) atoms. The van der Waals surface area contributed by atoms with Crippen molar-refractivity contribution in [1.29, 1.82) is 0 Å². The van der Waals surface area contributed by atoms with Crippen LogP contribution in [0.15, 0.2) is 6.20 Å².